The maximum atomic E-state index is 12.3. The minimum Gasteiger partial charge on any atom is -0.497 e. The van der Waals surface area contributed by atoms with E-state index in [2.05, 4.69) is 39.8 Å². The summed E-state index contributed by atoms with van der Waals surface area (Å²) in [5, 5.41) is 6.23. The Balaban J connectivity index is 1.26. The second-order valence-electron chi connectivity index (χ2n) is 7.94. The largest absolute Gasteiger partial charge is 0.497 e. The normalized spacial score (nSPS) is 24.5. The molecule has 31 heavy (non-hydrogen) atoms. The van der Waals surface area contributed by atoms with E-state index in [0.29, 0.717) is 18.9 Å². The van der Waals surface area contributed by atoms with E-state index in [1.807, 2.05) is 14.1 Å². The van der Waals surface area contributed by atoms with Crippen molar-refractivity contribution in [3.8, 4) is 5.75 Å². The predicted octanol–water partition coefficient (Wildman–Crippen LogP) is 2.63. The van der Waals surface area contributed by atoms with Crippen LogP contribution in [0.4, 0.5) is 16.2 Å². The van der Waals surface area contributed by atoms with E-state index in [1.165, 1.54) is 11.3 Å². The Bertz CT molecular complexity index is 872. The summed E-state index contributed by atoms with van der Waals surface area (Å²) < 4.78 is 22.5. The Hall–Kier alpha value is -2.81. The third-order valence-electron chi connectivity index (χ3n) is 5.62. The lowest BCUT2D eigenvalue weighted by molar-refractivity contribution is 0.00854. The van der Waals surface area contributed by atoms with E-state index in [-0.39, 0.29) is 18.2 Å². The fourth-order valence-corrected chi connectivity index (χ4v) is 3.86. The van der Waals surface area contributed by atoms with E-state index < -0.39 is 12.2 Å². The zero-order chi connectivity index (χ0) is 21.8. The number of rotatable bonds is 7. The standard InChI is InChI=1S/C23H29N3O5/c1-26(2)17-8-4-15(5-9-17)12-24-19-13-29-22-20(14-30-21(19)22)31-23(27)25-16-6-10-18(28-3)11-7-16/h4-11,19-22,24H,12-14H2,1-3H3,(H,25,27)/t19-,20-,21-,22+/m1/s1. The number of hydrogen-bond acceptors (Lipinski definition) is 7. The first-order valence-corrected chi connectivity index (χ1v) is 10.4. The van der Waals surface area contributed by atoms with Gasteiger partial charge in [-0.15, -0.1) is 0 Å². The molecule has 2 saturated heterocycles. The molecule has 2 heterocycles. The number of hydrogen-bond donors (Lipinski definition) is 2. The van der Waals surface area contributed by atoms with Gasteiger partial charge in [-0.1, -0.05) is 12.1 Å². The van der Waals surface area contributed by atoms with Crippen LogP contribution in [0.2, 0.25) is 0 Å². The fourth-order valence-electron chi connectivity index (χ4n) is 3.86. The van der Waals surface area contributed by atoms with Gasteiger partial charge in [0.2, 0.25) is 0 Å². The summed E-state index contributed by atoms with van der Waals surface area (Å²) in [6.07, 6.45) is -1.37. The molecule has 2 aliphatic rings. The van der Waals surface area contributed by atoms with Crippen LogP contribution >= 0.6 is 0 Å². The van der Waals surface area contributed by atoms with Crippen molar-refractivity contribution < 1.29 is 23.7 Å². The molecule has 0 bridgehead atoms. The van der Waals surface area contributed by atoms with Crippen molar-refractivity contribution in [2.24, 2.45) is 0 Å². The monoisotopic (exact) mass is 427 g/mol. The number of benzene rings is 2. The van der Waals surface area contributed by atoms with Crippen LogP contribution < -0.4 is 20.3 Å². The van der Waals surface area contributed by atoms with Crippen molar-refractivity contribution in [2.45, 2.75) is 30.9 Å². The number of ether oxygens (including phenoxy) is 4. The van der Waals surface area contributed by atoms with Crippen LogP contribution in [0.15, 0.2) is 48.5 Å². The lowest BCUT2D eigenvalue weighted by Gasteiger charge is -2.18. The number of amides is 1. The molecule has 4 atom stereocenters. The summed E-state index contributed by atoms with van der Waals surface area (Å²) in [6.45, 7) is 1.56. The van der Waals surface area contributed by atoms with Gasteiger partial charge in [-0.3, -0.25) is 5.32 Å². The van der Waals surface area contributed by atoms with Gasteiger partial charge in [-0.05, 0) is 42.0 Å². The van der Waals surface area contributed by atoms with Crippen LogP contribution in [0, 0.1) is 0 Å². The van der Waals surface area contributed by atoms with Gasteiger partial charge in [0.05, 0.1) is 26.4 Å². The molecule has 0 aliphatic carbocycles. The molecule has 0 aromatic heterocycles. The molecule has 8 nitrogen and oxygen atoms in total. The maximum absolute atomic E-state index is 12.3. The van der Waals surface area contributed by atoms with Crippen molar-refractivity contribution >= 4 is 17.5 Å². The molecular formula is C23H29N3O5. The summed E-state index contributed by atoms with van der Waals surface area (Å²) >= 11 is 0. The van der Waals surface area contributed by atoms with Gasteiger partial charge in [0.15, 0.2) is 6.10 Å². The molecule has 1 amide bonds. The Morgan fingerprint density at radius 3 is 2.42 bits per heavy atom. The molecule has 166 valence electrons. The molecule has 0 spiro atoms. The van der Waals surface area contributed by atoms with Crippen LogP contribution in [0.25, 0.3) is 0 Å². The minimum absolute atomic E-state index is 0.0526. The first-order chi connectivity index (χ1) is 15.0. The quantitative estimate of drug-likeness (QED) is 0.703. The molecule has 0 saturated carbocycles. The smallest absolute Gasteiger partial charge is 0.412 e. The second-order valence-corrected chi connectivity index (χ2v) is 7.94. The van der Waals surface area contributed by atoms with Gasteiger partial charge < -0.3 is 29.2 Å². The lowest BCUT2D eigenvalue weighted by atomic mass is 10.1. The zero-order valence-corrected chi connectivity index (χ0v) is 18.0. The van der Waals surface area contributed by atoms with Crippen molar-refractivity contribution in [3.05, 3.63) is 54.1 Å². The minimum atomic E-state index is -0.527. The predicted molar refractivity (Wildman–Crippen MR) is 118 cm³/mol. The zero-order valence-electron chi connectivity index (χ0n) is 18.0. The third kappa shape index (κ3) is 5.10. The van der Waals surface area contributed by atoms with E-state index in [4.69, 9.17) is 18.9 Å². The van der Waals surface area contributed by atoms with E-state index in [0.717, 1.165) is 12.3 Å². The lowest BCUT2D eigenvalue weighted by Crippen LogP contribution is -2.41. The van der Waals surface area contributed by atoms with Gasteiger partial charge in [-0.2, -0.15) is 0 Å². The number of fused-ring (bicyclic) bond motifs is 1. The maximum Gasteiger partial charge on any atom is 0.412 e. The molecule has 4 rings (SSSR count). The second kappa shape index (κ2) is 9.55. The summed E-state index contributed by atoms with van der Waals surface area (Å²) in [4.78, 5) is 14.4. The van der Waals surface area contributed by atoms with Crippen LogP contribution in [0.3, 0.4) is 0 Å². The third-order valence-corrected chi connectivity index (χ3v) is 5.62. The molecule has 2 fully saturated rings. The van der Waals surface area contributed by atoms with E-state index >= 15 is 0 Å². The summed E-state index contributed by atoms with van der Waals surface area (Å²) in [7, 11) is 5.64. The SMILES string of the molecule is COc1ccc(NC(=O)O[C@@H]2CO[C@H]3[C@H]2OC[C@H]3NCc2ccc(N(C)C)cc2)cc1. The molecule has 2 aliphatic heterocycles. The number of carbonyl (C=O) groups excluding carboxylic acids is 1. The number of nitrogens with zero attached hydrogens (tertiary/aromatic N) is 1. The molecule has 8 heteroatoms. The number of carbonyl (C=O) groups is 1. The molecule has 0 unspecified atom stereocenters. The van der Waals surface area contributed by atoms with Gasteiger partial charge in [0.1, 0.15) is 18.0 Å². The summed E-state index contributed by atoms with van der Waals surface area (Å²) in [5.74, 6) is 0.720. The number of methoxy groups -OCH3 is 1. The van der Waals surface area contributed by atoms with Crippen molar-refractivity contribution in [2.75, 3.05) is 44.6 Å². The highest BCUT2D eigenvalue weighted by Gasteiger charge is 2.49. The molecule has 0 radical (unpaired) electrons. The average molecular weight is 428 g/mol. The van der Waals surface area contributed by atoms with Gasteiger partial charge >= 0.3 is 6.09 Å². The fraction of sp³-hybridized carbons (Fsp3) is 0.435. The Morgan fingerprint density at radius 1 is 1.03 bits per heavy atom. The Morgan fingerprint density at radius 2 is 1.74 bits per heavy atom. The first kappa shape index (κ1) is 21.4. The van der Waals surface area contributed by atoms with Crippen LogP contribution in [0.5, 0.6) is 5.75 Å². The average Bonchev–Trinajstić information content (AvgIpc) is 3.36. The van der Waals surface area contributed by atoms with E-state index in [1.54, 1.807) is 31.4 Å². The van der Waals surface area contributed by atoms with E-state index in [9.17, 15) is 4.79 Å². The first-order valence-electron chi connectivity index (χ1n) is 10.4. The van der Waals surface area contributed by atoms with Crippen molar-refractivity contribution in [1.82, 2.24) is 5.32 Å². The Kier molecular flexibility index (Phi) is 6.60. The highest BCUT2D eigenvalue weighted by molar-refractivity contribution is 5.84. The summed E-state index contributed by atoms with van der Waals surface area (Å²) in [6, 6.07) is 15.5. The van der Waals surface area contributed by atoms with Gasteiger partial charge in [0.25, 0.3) is 0 Å². The summed E-state index contributed by atoms with van der Waals surface area (Å²) in [5.41, 5.74) is 2.99. The molecule has 2 N–H and O–H groups in total. The van der Waals surface area contributed by atoms with Crippen molar-refractivity contribution in [3.63, 3.8) is 0 Å². The number of anilines is 2. The highest BCUT2D eigenvalue weighted by Crippen LogP contribution is 2.29. The van der Waals surface area contributed by atoms with Crippen molar-refractivity contribution in [1.29, 1.82) is 0 Å². The molecule has 2 aromatic rings. The molecular weight excluding hydrogens is 398 g/mol. The van der Waals surface area contributed by atoms with Crippen LogP contribution in [0.1, 0.15) is 5.56 Å². The topological polar surface area (TPSA) is 81.3 Å². The van der Waals surface area contributed by atoms with Gasteiger partial charge in [0, 0.05) is 32.0 Å². The van der Waals surface area contributed by atoms with Crippen LogP contribution in [-0.4, -0.2) is 64.9 Å². The molecule has 2 aromatic carbocycles. The van der Waals surface area contributed by atoms with Crippen LogP contribution in [-0.2, 0) is 20.8 Å². The Labute approximate surface area is 182 Å². The highest BCUT2D eigenvalue weighted by atomic mass is 16.6. The number of nitrogens with one attached hydrogen (secondary N) is 2. The van der Waals surface area contributed by atoms with Gasteiger partial charge in [-0.25, -0.2) is 4.79 Å².